The Bertz CT molecular complexity index is 674. The summed E-state index contributed by atoms with van der Waals surface area (Å²) in [5.74, 6) is -0.954. The molecule has 0 unspecified atom stereocenters. The fraction of sp³-hybridized carbons (Fsp3) is 0.571. The highest BCUT2D eigenvalue weighted by Crippen LogP contribution is 2.30. The van der Waals surface area contributed by atoms with Gasteiger partial charge < -0.3 is 14.2 Å². The van der Waals surface area contributed by atoms with Crippen molar-refractivity contribution in [3.05, 3.63) is 27.4 Å². The molecular weight excluding hydrogens is 328 g/mol. The van der Waals surface area contributed by atoms with Crippen LogP contribution in [-0.2, 0) is 23.8 Å². The third-order valence-electron chi connectivity index (χ3n) is 3.33. The van der Waals surface area contributed by atoms with E-state index in [1.807, 2.05) is 0 Å². The van der Waals surface area contributed by atoms with Crippen LogP contribution in [0.25, 0.3) is 0 Å². The number of aromatic nitrogens is 2. The molecule has 2 heterocycles. The van der Waals surface area contributed by atoms with Gasteiger partial charge in [-0.25, -0.2) is 4.79 Å². The predicted molar refractivity (Wildman–Crippen MR) is 79.0 cm³/mol. The van der Waals surface area contributed by atoms with Crippen LogP contribution in [0.5, 0.6) is 0 Å². The number of nitrogens with zero attached hydrogens (tertiary/aromatic N) is 2. The summed E-state index contributed by atoms with van der Waals surface area (Å²) < 4.78 is 17.1. The summed E-state index contributed by atoms with van der Waals surface area (Å²) in [7, 11) is 0. The SMILES string of the molecule is CC(=O)OC[C@H]1O[C@@H](n2cc(C)c(Cl)nc2=O)C[C@@H]1OC(C)=O. The number of esters is 2. The van der Waals surface area contributed by atoms with Gasteiger partial charge in [-0.15, -0.1) is 0 Å². The van der Waals surface area contributed by atoms with E-state index in [-0.39, 0.29) is 18.2 Å². The fourth-order valence-electron chi connectivity index (χ4n) is 2.31. The second-order valence-corrected chi connectivity index (χ2v) is 5.58. The molecule has 0 aliphatic carbocycles. The van der Waals surface area contributed by atoms with Crippen molar-refractivity contribution < 1.29 is 23.8 Å². The Balaban J connectivity index is 2.21. The Hall–Kier alpha value is -1.93. The van der Waals surface area contributed by atoms with Crippen LogP contribution in [0.3, 0.4) is 0 Å². The third kappa shape index (κ3) is 4.29. The van der Waals surface area contributed by atoms with Crippen molar-refractivity contribution in [1.29, 1.82) is 0 Å². The summed E-state index contributed by atoms with van der Waals surface area (Å²) in [6.45, 7) is 4.18. The molecule has 0 saturated carbocycles. The molecule has 0 radical (unpaired) electrons. The number of hydrogen-bond donors (Lipinski definition) is 0. The van der Waals surface area contributed by atoms with E-state index in [1.54, 1.807) is 6.92 Å². The van der Waals surface area contributed by atoms with E-state index in [0.29, 0.717) is 5.56 Å². The average Bonchev–Trinajstić information content (AvgIpc) is 2.82. The van der Waals surface area contributed by atoms with Gasteiger partial charge >= 0.3 is 17.6 Å². The summed E-state index contributed by atoms with van der Waals surface area (Å²) in [6, 6.07) is 0. The average molecular weight is 345 g/mol. The van der Waals surface area contributed by atoms with Gasteiger partial charge in [-0.3, -0.25) is 14.2 Å². The highest BCUT2D eigenvalue weighted by molar-refractivity contribution is 6.30. The van der Waals surface area contributed by atoms with Gasteiger partial charge in [0.15, 0.2) is 0 Å². The molecule has 126 valence electrons. The number of rotatable bonds is 4. The first kappa shape index (κ1) is 17.4. The quantitative estimate of drug-likeness (QED) is 0.593. The minimum Gasteiger partial charge on any atom is -0.463 e. The van der Waals surface area contributed by atoms with Crippen molar-refractivity contribution >= 4 is 23.5 Å². The lowest BCUT2D eigenvalue weighted by atomic mass is 10.2. The summed E-state index contributed by atoms with van der Waals surface area (Å²) in [4.78, 5) is 37.8. The lowest BCUT2D eigenvalue weighted by Gasteiger charge is -2.17. The highest BCUT2D eigenvalue weighted by Gasteiger charge is 2.39. The Morgan fingerprint density at radius 3 is 2.74 bits per heavy atom. The van der Waals surface area contributed by atoms with Crippen LogP contribution in [0.2, 0.25) is 5.15 Å². The van der Waals surface area contributed by atoms with Crippen molar-refractivity contribution in [3.63, 3.8) is 0 Å². The minimum absolute atomic E-state index is 0.0709. The molecule has 1 aliphatic rings. The van der Waals surface area contributed by atoms with Gasteiger partial charge in [-0.05, 0) is 6.92 Å². The van der Waals surface area contributed by atoms with E-state index in [1.165, 1.54) is 24.6 Å². The molecule has 23 heavy (non-hydrogen) atoms. The van der Waals surface area contributed by atoms with Gasteiger partial charge in [0.05, 0.1) is 0 Å². The van der Waals surface area contributed by atoms with E-state index in [0.717, 1.165) is 0 Å². The van der Waals surface area contributed by atoms with Crippen LogP contribution >= 0.6 is 11.6 Å². The molecule has 1 aromatic rings. The number of halogens is 1. The standard InChI is InChI=1S/C14H17ClN2O6/c1-7-5-17(14(20)16-13(7)15)12-4-10(22-9(3)19)11(23-12)6-21-8(2)18/h5,10-12H,4,6H2,1-3H3/t10-,11+,12+/m0/s1. The minimum atomic E-state index is -0.684. The molecule has 0 N–H and O–H groups in total. The number of hydrogen-bond acceptors (Lipinski definition) is 7. The van der Waals surface area contributed by atoms with Crippen molar-refractivity contribution in [3.8, 4) is 0 Å². The maximum Gasteiger partial charge on any atom is 0.351 e. The number of ether oxygens (including phenoxy) is 3. The summed E-state index contributed by atoms with van der Waals surface area (Å²) in [5, 5.41) is 0.122. The van der Waals surface area contributed by atoms with E-state index in [2.05, 4.69) is 4.98 Å². The lowest BCUT2D eigenvalue weighted by molar-refractivity contribution is -0.155. The molecule has 0 spiro atoms. The van der Waals surface area contributed by atoms with Crippen LogP contribution in [0.15, 0.2) is 11.0 Å². The van der Waals surface area contributed by atoms with E-state index in [9.17, 15) is 14.4 Å². The molecule has 0 bridgehead atoms. The first-order valence-corrected chi connectivity index (χ1v) is 7.37. The van der Waals surface area contributed by atoms with Crippen molar-refractivity contribution in [2.75, 3.05) is 6.61 Å². The third-order valence-corrected chi connectivity index (χ3v) is 3.71. The predicted octanol–water partition coefficient (Wildman–Crippen LogP) is 0.987. The molecule has 1 aliphatic heterocycles. The Kier molecular flexibility index (Phi) is 5.38. The van der Waals surface area contributed by atoms with E-state index >= 15 is 0 Å². The van der Waals surface area contributed by atoms with E-state index < -0.39 is 36.1 Å². The summed E-state index contributed by atoms with van der Waals surface area (Å²) >= 11 is 5.81. The molecule has 1 saturated heterocycles. The highest BCUT2D eigenvalue weighted by atomic mass is 35.5. The van der Waals surface area contributed by atoms with Crippen molar-refractivity contribution in [1.82, 2.24) is 9.55 Å². The Morgan fingerprint density at radius 1 is 1.43 bits per heavy atom. The van der Waals surface area contributed by atoms with Crippen LogP contribution in [-0.4, -0.2) is 40.3 Å². The van der Waals surface area contributed by atoms with Gasteiger partial charge in [-0.2, -0.15) is 4.98 Å². The van der Waals surface area contributed by atoms with Crippen LogP contribution < -0.4 is 5.69 Å². The molecular formula is C14H17ClN2O6. The first-order valence-electron chi connectivity index (χ1n) is 6.99. The zero-order chi connectivity index (χ0) is 17.1. The van der Waals surface area contributed by atoms with Gasteiger partial charge in [0.25, 0.3) is 0 Å². The zero-order valence-corrected chi connectivity index (χ0v) is 13.7. The molecule has 0 amide bonds. The number of carbonyl (C=O) groups is 2. The van der Waals surface area contributed by atoms with Crippen molar-refractivity contribution in [2.45, 2.75) is 45.6 Å². The van der Waals surface area contributed by atoms with Crippen LogP contribution in [0, 0.1) is 6.92 Å². The Morgan fingerprint density at radius 2 is 2.13 bits per heavy atom. The maximum absolute atomic E-state index is 12.0. The van der Waals surface area contributed by atoms with Crippen LogP contribution in [0.1, 0.15) is 32.1 Å². The van der Waals surface area contributed by atoms with Gasteiger partial charge in [0.1, 0.15) is 30.2 Å². The molecule has 2 rings (SSSR count). The second kappa shape index (κ2) is 7.10. The fourth-order valence-corrected chi connectivity index (χ4v) is 2.43. The van der Waals surface area contributed by atoms with Gasteiger partial charge in [0.2, 0.25) is 0 Å². The lowest BCUT2D eigenvalue weighted by Crippen LogP contribution is -2.31. The topological polar surface area (TPSA) is 96.7 Å². The normalized spacial score (nSPS) is 23.6. The molecule has 8 nitrogen and oxygen atoms in total. The monoisotopic (exact) mass is 344 g/mol. The number of carbonyl (C=O) groups excluding carboxylic acids is 2. The largest absolute Gasteiger partial charge is 0.463 e. The summed E-state index contributed by atoms with van der Waals surface area (Å²) in [5.41, 5.74) is 0.0441. The molecule has 3 atom stereocenters. The summed E-state index contributed by atoms with van der Waals surface area (Å²) in [6.07, 6.45) is -0.193. The van der Waals surface area contributed by atoms with E-state index in [4.69, 9.17) is 25.8 Å². The van der Waals surface area contributed by atoms with Crippen LogP contribution in [0.4, 0.5) is 0 Å². The molecule has 9 heteroatoms. The second-order valence-electron chi connectivity index (χ2n) is 5.22. The molecule has 0 aromatic carbocycles. The van der Waals surface area contributed by atoms with Crippen molar-refractivity contribution in [2.24, 2.45) is 0 Å². The Labute approximate surface area is 137 Å². The first-order chi connectivity index (χ1) is 10.8. The zero-order valence-electron chi connectivity index (χ0n) is 12.9. The maximum atomic E-state index is 12.0. The van der Waals surface area contributed by atoms with Gasteiger partial charge in [-0.1, -0.05) is 11.6 Å². The smallest absolute Gasteiger partial charge is 0.351 e. The molecule has 1 aromatic heterocycles. The number of aryl methyl sites for hydroxylation is 1. The molecule has 1 fully saturated rings. The van der Waals surface area contributed by atoms with Gasteiger partial charge in [0, 0.05) is 32.0 Å².